The lowest BCUT2D eigenvalue weighted by atomic mass is 10.0. The Bertz CT molecular complexity index is 749. The van der Waals surface area contributed by atoms with Crippen molar-refractivity contribution in [3.8, 4) is 0 Å². The summed E-state index contributed by atoms with van der Waals surface area (Å²) >= 11 is 0. The van der Waals surface area contributed by atoms with Gasteiger partial charge < -0.3 is 9.64 Å². The summed E-state index contributed by atoms with van der Waals surface area (Å²) < 4.78 is 5.17. The first-order chi connectivity index (χ1) is 13.5. The summed E-state index contributed by atoms with van der Waals surface area (Å²) in [6.45, 7) is 5.15. The third-order valence-electron chi connectivity index (χ3n) is 5.06. The van der Waals surface area contributed by atoms with Gasteiger partial charge in [0.2, 0.25) is 5.91 Å². The third-order valence-corrected chi connectivity index (χ3v) is 5.06. The van der Waals surface area contributed by atoms with E-state index in [9.17, 15) is 29.2 Å². The van der Waals surface area contributed by atoms with Gasteiger partial charge in [0, 0.05) is 13.0 Å². The Kier molecular flexibility index (Phi) is 5.39. The number of rotatable bonds is 2. The molecule has 0 radical (unpaired) electrons. The Hall–Kier alpha value is -2.89. The second-order valence-corrected chi connectivity index (χ2v) is 8.30. The van der Waals surface area contributed by atoms with Crippen LogP contribution in [-0.4, -0.2) is 80.2 Å². The molecule has 0 aromatic heterocycles. The number of hydrazine groups is 1. The Morgan fingerprint density at radius 1 is 1.03 bits per heavy atom. The standard InChI is InChI=1S/C17H25N5O7/c1-17(2,3)29-16(27)21-11(6-7-12(21)23)14(25)19-18-13(24)10-5-4-9-8-20(10)15(26)22(9)28/h9-11,28H,4-8H2,1-3H3,(H,18,24)(H,19,25)/t9-,10+,11+/m1/s1. The molecule has 3 rings (SSSR count). The minimum absolute atomic E-state index is 0.00387. The summed E-state index contributed by atoms with van der Waals surface area (Å²) in [5.41, 5.74) is 3.63. The van der Waals surface area contributed by atoms with Crippen molar-refractivity contribution in [1.82, 2.24) is 25.7 Å². The van der Waals surface area contributed by atoms with Gasteiger partial charge in [-0.05, 0) is 40.0 Å². The molecule has 0 spiro atoms. The fourth-order valence-corrected chi connectivity index (χ4v) is 3.68. The first-order valence-corrected chi connectivity index (χ1v) is 9.43. The molecule has 3 fully saturated rings. The quantitative estimate of drug-likeness (QED) is 0.418. The van der Waals surface area contributed by atoms with E-state index in [4.69, 9.17) is 4.74 Å². The van der Waals surface area contributed by atoms with E-state index in [0.717, 1.165) is 4.90 Å². The number of carbonyl (C=O) groups excluding carboxylic acids is 5. The molecule has 0 saturated carbocycles. The highest BCUT2D eigenvalue weighted by Gasteiger charge is 2.47. The highest BCUT2D eigenvalue weighted by molar-refractivity contribution is 6.01. The number of likely N-dealkylation sites (tertiary alicyclic amines) is 1. The number of amides is 6. The van der Waals surface area contributed by atoms with Crippen LogP contribution in [0.2, 0.25) is 0 Å². The van der Waals surface area contributed by atoms with Crippen molar-refractivity contribution in [1.29, 1.82) is 0 Å². The van der Waals surface area contributed by atoms with Crippen molar-refractivity contribution < 1.29 is 33.9 Å². The number of ether oxygens (including phenoxy) is 1. The van der Waals surface area contributed by atoms with E-state index in [2.05, 4.69) is 10.9 Å². The van der Waals surface area contributed by atoms with Crippen LogP contribution in [0.3, 0.4) is 0 Å². The number of hydrogen-bond acceptors (Lipinski definition) is 7. The van der Waals surface area contributed by atoms with Gasteiger partial charge >= 0.3 is 12.1 Å². The topological polar surface area (TPSA) is 149 Å². The molecule has 3 N–H and O–H groups in total. The number of nitrogens with zero attached hydrogens (tertiary/aromatic N) is 3. The molecule has 3 aliphatic rings. The lowest BCUT2D eigenvalue weighted by molar-refractivity contribution is -0.137. The first kappa shape index (κ1) is 20.8. The van der Waals surface area contributed by atoms with Crippen LogP contribution in [0.15, 0.2) is 0 Å². The number of urea groups is 1. The molecule has 3 saturated heterocycles. The molecule has 0 aliphatic carbocycles. The number of piperidine rings is 1. The lowest BCUT2D eigenvalue weighted by Crippen LogP contribution is -2.57. The highest BCUT2D eigenvalue weighted by Crippen LogP contribution is 2.28. The van der Waals surface area contributed by atoms with Crippen LogP contribution in [0, 0.1) is 0 Å². The Morgan fingerprint density at radius 2 is 1.66 bits per heavy atom. The molecule has 2 bridgehead atoms. The molecule has 3 aliphatic heterocycles. The molecule has 0 unspecified atom stereocenters. The van der Waals surface area contributed by atoms with Crippen LogP contribution in [0.1, 0.15) is 46.5 Å². The predicted molar refractivity (Wildman–Crippen MR) is 94.9 cm³/mol. The van der Waals surface area contributed by atoms with E-state index in [-0.39, 0.29) is 25.4 Å². The highest BCUT2D eigenvalue weighted by atomic mass is 16.6. The van der Waals surface area contributed by atoms with Gasteiger partial charge in [-0.3, -0.25) is 30.4 Å². The van der Waals surface area contributed by atoms with Gasteiger partial charge in [0.25, 0.3) is 11.8 Å². The van der Waals surface area contributed by atoms with E-state index in [1.807, 2.05) is 0 Å². The van der Waals surface area contributed by atoms with Gasteiger partial charge in [-0.25, -0.2) is 19.6 Å². The van der Waals surface area contributed by atoms with Crippen LogP contribution >= 0.6 is 0 Å². The Labute approximate surface area is 167 Å². The number of hydroxylamine groups is 2. The molecule has 0 aromatic carbocycles. The SMILES string of the molecule is CC(C)(C)OC(=O)N1C(=O)CC[C@H]1C(=O)NNC(=O)[C@@H]1CC[C@@H]2CN1C(=O)N2O. The van der Waals surface area contributed by atoms with E-state index in [1.54, 1.807) is 20.8 Å². The van der Waals surface area contributed by atoms with Crippen molar-refractivity contribution in [3.05, 3.63) is 0 Å². The molecule has 3 heterocycles. The maximum atomic E-state index is 12.5. The largest absolute Gasteiger partial charge is 0.443 e. The molecular weight excluding hydrogens is 386 g/mol. The fourth-order valence-electron chi connectivity index (χ4n) is 3.68. The summed E-state index contributed by atoms with van der Waals surface area (Å²) in [6.07, 6.45) is -0.0237. The normalized spacial score (nSPS) is 26.6. The van der Waals surface area contributed by atoms with Crippen LogP contribution in [0.4, 0.5) is 9.59 Å². The minimum atomic E-state index is -1.10. The molecule has 3 atom stereocenters. The van der Waals surface area contributed by atoms with Gasteiger partial charge in [0.1, 0.15) is 17.7 Å². The summed E-state index contributed by atoms with van der Waals surface area (Å²) in [7, 11) is 0. The average molecular weight is 411 g/mol. The lowest BCUT2D eigenvalue weighted by Gasteiger charge is -2.30. The van der Waals surface area contributed by atoms with Crippen molar-refractivity contribution in [3.63, 3.8) is 0 Å². The summed E-state index contributed by atoms with van der Waals surface area (Å²) in [5, 5.41) is 10.3. The monoisotopic (exact) mass is 411 g/mol. The fraction of sp³-hybridized carbons (Fsp3) is 0.706. The van der Waals surface area contributed by atoms with Crippen LogP contribution in [0.25, 0.3) is 0 Å². The number of hydrogen-bond donors (Lipinski definition) is 3. The predicted octanol–water partition coefficient (Wildman–Crippen LogP) is -0.282. The first-order valence-electron chi connectivity index (χ1n) is 9.43. The molecule has 12 heteroatoms. The summed E-state index contributed by atoms with van der Waals surface area (Å²) in [4.78, 5) is 63.2. The van der Waals surface area contributed by atoms with Crippen molar-refractivity contribution >= 4 is 29.8 Å². The smallest absolute Gasteiger partial charge is 0.417 e. The zero-order chi connectivity index (χ0) is 21.5. The maximum absolute atomic E-state index is 12.5. The van der Waals surface area contributed by atoms with Gasteiger partial charge in [-0.15, -0.1) is 0 Å². The summed E-state index contributed by atoms with van der Waals surface area (Å²) in [5.74, 6) is -1.89. The van der Waals surface area contributed by atoms with Crippen molar-refractivity contribution in [2.45, 2.75) is 70.2 Å². The molecule has 12 nitrogen and oxygen atoms in total. The van der Waals surface area contributed by atoms with E-state index in [1.165, 1.54) is 4.90 Å². The van der Waals surface area contributed by atoms with Crippen molar-refractivity contribution in [2.75, 3.05) is 6.54 Å². The molecule has 160 valence electrons. The zero-order valence-corrected chi connectivity index (χ0v) is 16.5. The molecule has 6 amide bonds. The Morgan fingerprint density at radius 3 is 2.28 bits per heavy atom. The zero-order valence-electron chi connectivity index (χ0n) is 16.5. The molecule has 0 aromatic rings. The number of carbonyl (C=O) groups is 5. The summed E-state index contributed by atoms with van der Waals surface area (Å²) in [6, 6.07) is -2.93. The molecular formula is C17H25N5O7. The van der Waals surface area contributed by atoms with Crippen LogP contribution < -0.4 is 10.9 Å². The number of imide groups is 1. The van der Waals surface area contributed by atoms with Gasteiger partial charge in [0.15, 0.2) is 0 Å². The third kappa shape index (κ3) is 4.11. The van der Waals surface area contributed by atoms with E-state index >= 15 is 0 Å². The average Bonchev–Trinajstić information content (AvgIpc) is 3.12. The van der Waals surface area contributed by atoms with Crippen LogP contribution in [0.5, 0.6) is 0 Å². The minimum Gasteiger partial charge on any atom is -0.443 e. The Balaban J connectivity index is 1.58. The molecule has 29 heavy (non-hydrogen) atoms. The second-order valence-electron chi connectivity index (χ2n) is 8.30. The maximum Gasteiger partial charge on any atom is 0.417 e. The van der Waals surface area contributed by atoms with E-state index < -0.39 is 47.5 Å². The van der Waals surface area contributed by atoms with Crippen LogP contribution in [-0.2, 0) is 19.1 Å². The van der Waals surface area contributed by atoms with Crippen molar-refractivity contribution in [2.24, 2.45) is 0 Å². The van der Waals surface area contributed by atoms with Gasteiger partial charge in [0.05, 0.1) is 6.04 Å². The number of fused-ring (bicyclic) bond motifs is 2. The van der Waals surface area contributed by atoms with Gasteiger partial charge in [-0.1, -0.05) is 0 Å². The van der Waals surface area contributed by atoms with Gasteiger partial charge in [-0.2, -0.15) is 0 Å². The van der Waals surface area contributed by atoms with E-state index in [0.29, 0.717) is 17.9 Å². The number of nitrogens with one attached hydrogen (secondary N) is 2. The second kappa shape index (κ2) is 7.50.